The van der Waals surface area contributed by atoms with Crippen molar-refractivity contribution in [2.45, 2.75) is 26.0 Å². The molecule has 1 aromatic rings. The second-order valence-electron chi connectivity index (χ2n) is 4.48. The van der Waals surface area contributed by atoms with E-state index in [-0.39, 0.29) is 5.91 Å². The molecule has 0 N–H and O–H groups in total. The van der Waals surface area contributed by atoms with E-state index in [1.807, 2.05) is 16.8 Å². The first-order valence-electron chi connectivity index (χ1n) is 6.32. The lowest BCUT2D eigenvalue weighted by molar-refractivity contribution is 0.00298. The Bertz CT molecular complexity index is 506. The molecule has 0 aliphatic carbocycles. The van der Waals surface area contributed by atoms with E-state index >= 15 is 0 Å². The number of nitrogens with zero attached hydrogens (tertiary/aromatic N) is 3. The van der Waals surface area contributed by atoms with Crippen LogP contribution in [0.2, 0.25) is 0 Å². The third-order valence-corrected chi connectivity index (χ3v) is 3.48. The number of aryl methyl sites for hydroxylation is 1. The maximum atomic E-state index is 12.5. The molecule has 0 radical (unpaired) electrons. The molecule has 102 valence electrons. The number of amides is 1. The lowest BCUT2D eigenvalue weighted by Crippen LogP contribution is -2.45. The molecule has 1 aliphatic heterocycles. The molecule has 19 heavy (non-hydrogen) atoms. The molecular formula is C13H16BrN3O2. The molecule has 1 unspecified atom stereocenters. The van der Waals surface area contributed by atoms with Crippen LogP contribution in [0.25, 0.3) is 0 Å². The number of aromatic nitrogens is 1. The fourth-order valence-electron chi connectivity index (χ4n) is 2.15. The average molecular weight is 326 g/mol. The van der Waals surface area contributed by atoms with E-state index in [0.29, 0.717) is 25.4 Å². The number of carbonyl (C=O) groups is 1. The zero-order chi connectivity index (χ0) is 13.8. The predicted octanol–water partition coefficient (Wildman–Crippen LogP) is 2.03. The summed E-state index contributed by atoms with van der Waals surface area (Å²) in [5.74, 6) is -0.0392. The molecule has 2 heterocycles. The van der Waals surface area contributed by atoms with Crippen LogP contribution >= 0.6 is 15.9 Å². The Morgan fingerprint density at radius 1 is 1.68 bits per heavy atom. The van der Waals surface area contributed by atoms with Crippen molar-refractivity contribution in [1.82, 2.24) is 9.47 Å². The van der Waals surface area contributed by atoms with E-state index in [0.717, 1.165) is 17.4 Å². The smallest absolute Gasteiger partial charge is 0.270 e. The first-order chi connectivity index (χ1) is 9.15. The van der Waals surface area contributed by atoms with Crippen LogP contribution in [0.3, 0.4) is 0 Å². The molecule has 0 saturated carbocycles. The van der Waals surface area contributed by atoms with E-state index in [2.05, 4.69) is 28.9 Å². The van der Waals surface area contributed by atoms with Crippen LogP contribution < -0.4 is 0 Å². The van der Waals surface area contributed by atoms with Crippen LogP contribution in [0, 0.1) is 11.3 Å². The van der Waals surface area contributed by atoms with Crippen molar-refractivity contribution in [3.8, 4) is 6.07 Å². The van der Waals surface area contributed by atoms with Gasteiger partial charge in [0.05, 0.1) is 19.2 Å². The summed E-state index contributed by atoms with van der Waals surface area (Å²) in [5.41, 5.74) is 0.660. The highest BCUT2D eigenvalue weighted by Gasteiger charge is 2.26. The standard InChI is InChI=1S/C13H16BrN3O2/c1-2-3-16-8-10(14)6-12(16)13(18)17-4-5-19-11(7-15)9-17/h6,8,11H,2-5,9H2,1H3. The van der Waals surface area contributed by atoms with Gasteiger partial charge in [0, 0.05) is 23.8 Å². The van der Waals surface area contributed by atoms with Gasteiger partial charge in [0.15, 0.2) is 6.10 Å². The fourth-order valence-corrected chi connectivity index (χ4v) is 2.62. The van der Waals surface area contributed by atoms with Crippen molar-refractivity contribution in [3.63, 3.8) is 0 Å². The second-order valence-corrected chi connectivity index (χ2v) is 5.39. The van der Waals surface area contributed by atoms with E-state index in [1.54, 1.807) is 4.90 Å². The van der Waals surface area contributed by atoms with Crippen LogP contribution in [0.15, 0.2) is 16.7 Å². The number of nitriles is 1. The summed E-state index contributed by atoms with van der Waals surface area (Å²) in [6, 6.07) is 3.88. The number of hydrogen-bond acceptors (Lipinski definition) is 3. The van der Waals surface area contributed by atoms with Gasteiger partial charge in [-0.25, -0.2) is 0 Å². The second kappa shape index (κ2) is 6.22. The molecule has 1 atom stereocenters. The van der Waals surface area contributed by atoms with Crippen molar-refractivity contribution in [2.24, 2.45) is 0 Å². The summed E-state index contributed by atoms with van der Waals surface area (Å²) >= 11 is 3.40. The zero-order valence-corrected chi connectivity index (χ0v) is 12.4. The predicted molar refractivity (Wildman–Crippen MR) is 73.7 cm³/mol. The molecule has 2 rings (SSSR count). The first-order valence-corrected chi connectivity index (χ1v) is 7.11. The first kappa shape index (κ1) is 14.1. The number of hydrogen-bond donors (Lipinski definition) is 0. The molecule has 1 aromatic heterocycles. The number of morpholine rings is 1. The molecule has 0 aromatic carbocycles. The fraction of sp³-hybridized carbons (Fsp3) is 0.538. The van der Waals surface area contributed by atoms with E-state index < -0.39 is 6.10 Å². The third-order valence-electron chi connectivity index (χ3n) is 3.04. The monoisotopic (exact) mass is 325 g/mol. The third kappa shape index (κ3) is 3.17. The van der Waals surface area contributed by atoms with Crippen molar-refractivity contribution in [2.75, 3.05) is 19.7 Å². The molecule has 0 spiro atoms. The molecule has 1 amide bonds. The molecule has 6 heteroatoms. The molecule has 5 nitrogen and oxygen atoms in total. The van der Waals surface area contributed by atoms with Gasteiger partial charge in [0.25, 0.3) is 5.91 Å². The maximum Gasteiger partial charge on any atom is 0.270 e. The zero-order valence-electron chi connectivity index (χ0n) is 10.8. The minimum absolute atomic E-state index is 0.0392. The number of rotatable bonds is 3. The average Bonchev–Trinajstić information content (AvgIpc) is 2.79. The van der Waals surface area contributed by atoms with Crippen molar-refractivity contribution in [3.05, 3.63) is 22.4 Å². The highest BCUT2D eigenvalue weighted by molar-refractivity contribution is 9.10. The molecule has 1 fully saturated rings. The Balaban J connectivity index is 2.17. The topological polar surface area (TPSA) is 58.3 Å². The van der Waals surface area contributed by atoms with Gasteiger partial charge in [-0.15, -0.1) is 0 Å². The number of ether oxygens (including phenoxy) is 1. The lowest BCUT2D eigenvalue weighted by atomic mass is 10.2. The van der Waals surface area contributed by atoms with E-state index in [4.69, 9.17) is 10.00 Å². The summed E-state index contributed by atoms with van der Waals surface area (Å²) in [5, 5.41) is 8.88. The van der Waals surface area contributed by atoms with Crippen LogP contribution in [0.1, 0.15) is 23.8 Å². The quantitative estimate of drug-likeness (QED) is 0.854. The SMILES string of the molecule is CCCn1cc(Br)cc1C(=O)N1CCOC(C#N)C1. The van der Waals surface area contributed by atoms with Gasteiger partial charge in [-0.05, 0) is 28.4 Å². The van der Waals surface area contributed by atoms with Crippen LogP contribution in [0.5, 0.6) is 0 Å². The van der Waals surface area contributed by atoms with Gasteiger partial charge in [-0.2, -0.15) is 5.26 Å². The lowest BCUT2D eigenvalue weighted by Gasteiger charge is -2.30. The summed E-state index contributed by atoms with van der Waals surface area (Å²) < 4.78 is 8.10. The Kier molecular flexibility index (Phi) is 4.61. The maximum absolute atomic E-state index is 12.5. The Hall–Kier alpha value is -1.32. The van der Waals surface area contributed by atoms with Gasteiger partial charge in [-0.1, -0.05) is 6.92 Å². The van der Waals surface area contributed by atoms with Crippen LogP contribution in [-0.4, -0.2) is 41.2 Å². The van der Waals surface area contributed by atoms with Crippen molar-refractivity contribution in [1.29, 1.82) is 5.26 Å². The summed E-state index contributed by atoms with van der Waals surface area (Å²) in [6.07, 6.45) is 2.36. The van der Waals surface area contributed by atoms with Crippen LogP contribution in [0.4, 0.5) is 0 Å². The van der Waals surface area contributed by atoms with Gasteiger partial charge in [0.2, 0.25) is 0 Å². The van der Waals surface area contributed by atoms with Gasteiger partial charge >= 0.3 is 0 Å². The molecule has 0 bridgehead atoms. The van der Waals surface area contributed by atoms with Crippen molar-refractivity contribution < 1.29 is 9.53 Å². The van der Waals surface area contributed by atoms with E-state index in [9.17, 15) is 4.79 Å². The van der Waals surface area contributed by atoms with E-state index in [1.165, 1.54) is 0 Å². The molecule has 1 aliphatic rings. The van der Waals surface area contributed by atoms with Gasteiger partial charge in [-0.3, -0.25) is 4.79 Å². The molecule has 1 saturated heterocycles. The Labute approximate surface area is 120 Å². The molecular weight excluding hydrogens is 310 g/mol. The summed E-state index contributed by atoms with van der Waals surface area (Å²) in [4.78, 5) is 14.2. The highest BCUT2D eigenvalue weighted by Crippen LogP contribution is 2.18. The van der Waals surface area contributed by atoms with Gasteiger partial charge < -0.3 is 14.2 Å². The Morgan fingerprint density at radius 2 is 2.47 bits per heavy atom. The summed E-state index contributed by atoms with van der Waals surface area (Å²) in [6.45, 7) is 4.16. The Morgan fingerprint density at radius 3 is 3.16 bits per heavy atom. The minimum Gasteiger partial charge on any atom is -0.360 e. The largest absolute Gasteiger partial charge is 0.360 e. The highest BCUT2D eigenvalue weighted by atomic mass is 79.9. The normalized spacial score (nSPS) is 19.2. The number of halogens is 1. The number of carbonyl (C=O) groups excluding carboxylic acids is 1. The summed E-state index contributed by atoms with van der Waals surface area (Å²) in [7, 11) is 0. The van der Waals surface area contributed by atoms with Crippen LogP contribution in [-0.2, 0) is 11.3 Å². The van der Waals surface area contributed by atoms with Crippen molar-refractivity contribution >= 4 is 21.8 Å². The van der Waals surface area contributed by atoms with Gasteiger partial charge in [0.1, 0.15) is 5.69 Å². The minimum atomic E-state index is -0.518.